The van der Waals surface area contributed by atoms with Gasteiger partial charge in [0.25, 0.3) is 0 Å². The van der Waals surface area contributed by atoms with Crippen molar-refractivity contribution in [1.82, 2.24) is 0 Å². The molecule has 0 spiro atoms. The van der Waals surface area contributed by atoms with Crippen LogP contribution in [0.25, 0.3) is 0 Å². The van der Waals surface area contributed by atoms with Crippen LogP contribution in [-0.4, -0.2) is 17.3 Å². The SMILES string of the molecule is CCC1CCC(CN)(C(O)(CC)C(C)C)CC1. The minimum absolute atomic E-state index is 0.0401. The number of hydrogen-bond donors (Lipinski definition) is 2. The zero-order valence-electron chi connectivity index (χ0n) is 12.1. The Kier molecular flexibility index (Phi) is 5.03. The fourth-order valence-corrected chi connectivity index (χ4v) is 3.85. The molecule has 2 heteroatoms. The Bertz CT molecular complexity index is 231. The number of rotatable bonds is 5. The van der Waals surface area contributed by atoms with Crippen LogP contribution in [-0.2, 0) is 0 Å². The molecular formula is C15H31NO. The van der Waals surface area contributed by atoms with Gasteiger partial charge in [0.2, 0.25) is 0 Å². The van der Waals surface area contributed by atoms with E-state index in [-0.39, 0.29) is 11.3 Å². The fraction of sp³-hybridized carbons (Fsp3) is 1.00. The van der Waals surface area contributed by atoms with E-state index in [0.29, 0.717) is 6.54 Å². The Morgan fingerprint density at radius 1 is 1.29 bits per heavy atom. The predicted octanol–water partition coefficient (Wildman–Crippen LogP) is 3.33. The Morgan fingerprint density at radius 2 is 1.82 bits per heavy atom. The first-order valence-corrected chi connectivity index (χ1v) is 7.38. The summed E-state index contributed by atoms with van der Waals surface area (Å²) >= 11 is 0. The van der Waals surface area contributed by atoms with Crippen LogP contribution >= 0.6 is 0 Å². The van der Waals surface area contributed by atoms with E-state index >= 15 is 0 Å². The molecule has 1 unspecified atom stereocenters. The Hall–Kier alpha value is -0.0800. The van der Waals surface area contributed by atoms with Crippen LogP contribution in [0.2, 0.25) is 0 Å². The summed E-state index contributed by atoms with van der Waals surface area (Å²) in [4.78, 5) is 0. The first-order valence-electron chi connectivity index (χ1n) is 7.38. The molecule has 0 heterocycles. The molecule has 0 amide bonds. The molecule has 0 saturated heterocycles. The molecule has 0 radical (unpaired) electrons. The van der Waals surface area contributed by atoms with E-state index < -0.39 is 5.60 Å². The van der Waals surface area contributed by atoms with Gasteiger partial charge in [0.15, 0.2) is 0 Å². The minimum Gasteiger partial charge on any atom is -0.389 e. The van der Waals surface area contributed by atoms with Gasteiger partial charge in [-0.2, -0.15) is 0 Å². The van der Waals surface area contributed by atoms with Crippen LogP contribution in [0, 0.1) is 17.3 Å². The minimum atomic E-state index is -0.583. The van der Waals surface area contributed by atoms with E-state index in [1.165, 1.54) is 19.3 Å². The second-order valence-electron chi connectivity index (χ2n) is 6.27. The van der Waals surface area contributed by atoms with Gasteiger partial charge in [0.05, 0.1) is 5.60 Å². The quantitative estimate of drug-likeness (QED) is 0.775. The maximum Gasteiger partial charge on any atom is 0.0735 e. The van der Waals surface area contributed by atoms with E-state index in [4.69, 9.17) is 5.73 Å². The number of nitrogens with two attached hydrogens (primary N) is 1. The highest BCUT2D eigenvalue weighted by atomic mass is 16.3. The molecule has 0 bridgehead atoms. The standard InChI is InChI=1S/C15H31NO/c1-5-13-7-9-14(11-16,10-8-13)15(17,6-2)12(3)4/h12-13,17H,5-11,16H2,1-4H3. The normalized spacial score (nSPS) is 33.7. The van der Waals surface area contributed by atoms with Gasteiger partial charge < -0.3 is 10.8 Å². The lowest BCUT2D eigenvalue weighted by Gasteiger charge is -2.52. The summed E-state index contributed by atoms with van der Waals surface area (Å²) in [6.07, 6.45) is 6.77. The fourth-order valence-electron chi connectivity index (χ4n) is 3.85. The van der Waals surface area contributed by atoms with E-state index in [1.54, 1.807) is 0 Å². The third-order valence-electron chi connectivity index (χ3n) is 5.44. The largest absolute Gasteiger partial charge is 0.389 e. The predicted molar refractivity (Wildman–Crippen MR) is 73.8 cm³/mol. The molecule has 3 N–H and O–H groups in total. The summed E-state index contributed by atoms with van der Waals surface area (Å²) in [5, 5.41) is 11.1. The van der Waals surface area contributed by atoms with Crippen LogP contribution in [0.1, 0.15) is 66.2 Å². The highest BCUT2D eigenvalue weighted by Crippen LogP contribution is 2.50. The summed E-state index contributed by atoms with van der Waals surface area (Å²) < 4.78 is 0. The summed E-state index contributed by atoms with van der Waals surface area (Å²) in [6, 6.07) is 0. The van der Waals surface area contributed by atoms with Crippen molar-refractivity contribution in [2.24, 2.45) is 23.0 Å². The lowest BCUT2D eigenvalue weighted by Crippen LogP contribution is -2.57. The molecule has 0 aromatic heterocycles. The van der Waals surface area contributed by atoms with Gasteiger partial charge in [0.1, 0.15) is 0 Å². The third-order valence-corrected chi connectivity index (χ3v) is 5.44. The topological polar surface area (TPSA) is 46.2 Å². The highest BCUT2D eigenvalue weighted by molar-refractivity contribution is 5.02. The zero-order chi connectivity index (χ0) is 13.1. The molecular weight excluding hydrogens is 210 g/mol. The van der Waals surface area contributed by atoms with Crippen molar-refractivity contribution in [1.29, 1.82) is 0 Å². The van der Waals surface area contributed by atoms with Gasteiger partial charge >= 0.3 is 0 Å². The Balaban J connectivity index is 2.89. The highest BCUT2D eigenvalue weighted by Gasteiger charge is 2.51. The third kappa shape index (κ3) is 2.53. The molecule has 0 aliphatic heterocycles. The number of hydrogen-bond acceptors (Lipinski definition) is 2. The van der Waals surface area contributed by atoms with Gasteiger partial charge in [-0.05, 0) is 43.9 Å². The van der Waals surface area contributed by atoms with Gasteiger partial charge in [-0.25, -0.2) is 0 Å². The van der Waals surface area contributed by atoms with E-state index in [1.807, 2.05) is 0 Å². The molecule has 1 aliphatic rings. The molecule has 17 heavy (non-hydrogen) atoms. The lowest BCUT2D eigenvalue weighted by molar-refractivity contribution is -0.137. The smallest absolute Gasteiger partial charge is 0.0735 e. The van der Waals surface area contributed by atoms with Crippen molar-refractivity contribution in [2.75, 3.05) is 6.54 Å². The molecule has 1 saturated carbocycles. The average molecular weight is 241 g/mol. The molecule has 0 aromatic rings. The summed E-state index contributed by atoms with van der Waals surface area (Å²) in [5.74, 6) is 1.14. The van der Waals surface area contributed by atoms with Gasteiger partial charge in [-0.15, -0.1) is 0 Å². The van der Waals surface area contributed by atoms with E-state index in [0.717, 1.165) is 25.2 Å². The summed E-state index contributed by atoms with van der Waals surface area (Å²) in [5.41, 5.74) is 5.44. The summed E-state index contributed by atoms with van der Waals surface area (Å²) in [7, 11) is 0. The zero-order valence-corrected chi connectivity index (χ0v) is 12.1. The lowest BCUT2D eigenvalue weighted by atomic mass is 9.57. The van der Waals surface area contributed by atoms with Crippen molar-refractivity contribution in [3.63, 3.8) is 0 Å². The van der Waals surface area contributed by atoms with Crippen LogP contribution in [0.15, 0.2) is 0 Å². The van der Waals surface area contributed by atoms with E-state index in [9.17, 15) is 5.11 Å². The molecule has 1 aliphatic carbocycles. The first kappa shape index (κ1) is 15.0. The molecule has 102 valence electrons. The molecule has 2 nitrogen and oxygen atoms in total. The van der Waals surface area contributed by atoms with Crippen LogP contribution in [0.4, 0.5) is 0 Å². The average Bonchev–Trinajstić information content (AvgIpc) is 2.37. The molecule has 1 rings (SSSR count). The van der Waals surface area contributed by atoms with Gasteiger partial charge in [-0.1, -0.05) is 34.1 Å². The van der Waals surface area contributed by atoms with Crippen molar-refractivity contribution >= 4 is 0 Å². The molecule has 1 fully saturated rings. The van der Waals surface area contributed by atoms with Gasteiger partial charge in [-0.3, -0.25) is 0 Å². The van der Waals surface area contributed by atoms with E-state index in [2.05, 4.69) is 27.7 Å². The second kappa shape index (κ2) is 5.71. The Labute approximate surface area is 107 Å². The van der Waals surface area contributed by atoms with Crippen molar-refractivity contribution in [2.45, 2.75) is 71.8 Å². The monoisotopic (exact) mass is 241 g/mol. The first-order chi connectivity index (χ1) is 7.95. The second-order valence-corrected chi connectivity index (χ2v) is 6.27. The van der Waals surface area contributed by atoms with Crippen molar-refractivity contribution in [3.05, 3.63) is 0 Å². The van der Waals surface area contributed by atoms with Crippen LogP contribution in [0.3, 0.4) is 0 Å². The molecule has 1 atom stereocenters. The van der Waals surface area contributed by atoms with Crippen molar-refractivity contribution < 1.29 is 5.11 Å². The maximum absolute atomic E-state index is 11.1. The van der Waals surface area contributed by atoms with Crippen LogP contribution in [0.5, 0.6) is 0 Å². The van der Waals surface area contributed by atoms with Gasteiger partial charge in [0, 0.05) is 12.0 Å². The maximum atomic E-state index is 11.1. The van der Waals surface area contributed by atoms with Crippen LogP contribution < -0.4 is 5.73 Å². The molecule has 0 aromatic carbocycles. The number of aliphatic hydroxyl groups is 1. The van der Waals surface area contributed by atoms with Crippen molar-refractivity contribution in [3.8, 4) is 0 Å². The Morgan fingerprint density at radius 3 is 2.12 bits per heavy atom. The summed E-state index contributed by atoms with van der Waals surface area (Å²) in [6.45, 7) is 9.27.